The van der Waals surface area contributed by atoms with Crippen LogP contribution >= 0.6 is 0 Å². The van der Waals surface area contributed by atoms with Gasteiger partial charge >= 0.3 is 5.97 Å². The maximum absolute atomic E-state index is 11.6. The molecule has 0 radical (unpaired) electrons. The van der Waals surface area contributed by atoms with E-state index in [9.17, 15) is 17.8 Å². The number of rotatable bonds is 5. The maximum atomic E-state index is 11.6. The summed E-state index contributed by atoms with van der Waals surface area (Å²) in [5, 5.41) is 10.0. The Kier molecular flexibility index (Phi) is 3.69. The van der Waals surface area contributed by atoms with Crippen molar-refractivity contribution in [2.45, 2.75) is 24.7 Å². The van der Waals surface area contributed by atoms with Crippen molar-refractivity contribution in [2.75, 3.05) is 6.54 Å². The lowest BCUT2D eigenvalue weighted by atomic mass is 10.0. The Balaban J connectivity index is 2.14. The van der Waals surface area contributed by atoms with Gasteiger partial charge in [0.15, 0.2) is 5.71 Å². The molecule has 0 fully saturated rings. The largest absolute Gasteiger partial charge is 0.481 e. The van der Waals surface area contributed by atoms with Crippen LogP contribution in [0.3, 0.4) is 0 Å². The van der Waals surface area contributed by atoms with Gasteiger partial charge in [-0.2, -0.15) is 13.0 Å². The first-order chi connectivity index (χ1) is 10.8. The first kappa shape index (κ1) is 15.6. The number of aliphatic carboxylic acids is 1. The van der Waals surface area contributed by atoms with Gasteiger partial charge in [0.1, 0.15) is 11.4 Å². The Morgan fingerprint density at radius 1 is 1.22 bits per heavy atom. The van der Waals surface area contributed by atoms with Crippen molar-refractivity contribution in [1.29, 1.82) is 0 Å². The summed E-state index contributed by atoms with van der Waals surface area (Å²) in [5.74, 6) is -0.841. The SMILES string of the molecule is CC1=[N+](CCCC(=O)O)c2ccc(S(=O)(=O)O)c3cccc1c23. The number of carboxylic acid groups (broad SMARTS) is 1. The van der Waals surface area contributed by atoms with Gasteiger partial charge in [0, 0.05) is 24.8 Å². The van der Waals surface area contributed by atoms with E-state index in [-0.39, 0.29) is 11.3 Å². The average Bonchev–Trinajstić information content (AvgIpc) is 2.74. The van der Waals surface area contributed by atoms with Crippen molar-refractivity contribution < 1.29 is 27.4 Å². The van der Waals surface area contributed by atoms with E-state index in [0.717, 1.165) is 22.3 Å². The van der Waals surface area contributed by atoms with Crippen LogP contribution in [-0.4, -0.2) is 40.9 Å². The van der Waals surface area contributed by atoms with Gasteiger partial charge in [0.2, 0.25) is 5.69 Å². The lowest BCUT2D eigenvalue weighted by molar-refractivity contribution is -0.437. The molecule has 0 amide bonds. The maximum Gasteiger partial charge on any atom is 0.303 e. The van der Waals surface area contributed by atoms with Crippen molar-refractivity contribution in [3.05, 3.63) is 35.9 Å². The molecule has 0 spiro atoms. The second-order valence-electron chi connectivity index (χ2n) is 5.52. The number of carboxylic acids is 1. The summed E-state index contributed by atoms with van der Waals surface area (Å²) in [4.78, 5) is 10.6. The monoisotopic (exact) mass is 334 g/mol. The smallest absolute Gasteiger partial charge is 0.303 e. The third kappa shape index (κ3) is 2.62. The fourth-order valence-electron chi connectivity index (χ4n) is 3.12. The first-order valence-electron chi connectivity index (χ1n) is 7.17. The summed E-state index contributed by atoms with van der Waals surface area (Å²) in [6, 6.07) is 8.36. The van der Waals surface area contributed by atoms with Crippen molar-refractivity contribution in [3.63, 3.8) is 0 Å². The van der Waals surface area contributed by atoms with Crippen molar-refractivity contribution >= 4 is 38.3 Å². The molecular weight excluding hydrogens is 318 g/mol. The lowest BCUT2D eigenvalue weighted by Crippen LogP contribution is -2.13. The molecule has 0 atom stereocenters. The summed E-state index contributed by atoms with van der Waals surface area (Å²) in [5.41, 5.74) is 2.69. The van der Waals surface area contributed by atoms with Crippen LogP contribution in [0.15, 0.2) is 35.2 Å². The topological polar surface area (TPSA) is 94.7 Å². The van der Waals surface area contributed by atoms with Gasteiger partial charge in [-0.15, -0.1) is 0 Å². The van der Waals surface area contributed by atoms with E-state index < -0.39 is 16.1 Å². The predicted molar refractivity (Wildman–Crippen MR) is 85.2 cm³/mol. The first-order valence-corrected chi connectivity index (χ1v) is 8.61. The van der Waals surface area contributed by atoms with Crippen LogP contribution in [0.25, 0.3) is 10.8 Å². The molecule has 23 heavy (non-hydrogen) atoms. The molecule has 3 rings (SSSR count). The Hall–Kier alpha value is -2.25. The summed E-state index contributed by atoms with van der Waals surface area (Å²) < 4.78 is 34.5. The second-order valence-corrected chi connectivity index (χ2v) is 6.91. The molecule has 0 unspecified atom stereocenters. The van der Waals surface area contributed by atoms with Gasteiger partial charge in [-0.25, -0.2) is 0 Å². The highest BCUT2D eigenvalue weighted by Gasteiger charge is 2.31. The Morgan fingerprint density at radius 2 is 1.96 bits per heavy atom. The molecule has 2 aromatic carbocycles. The Labute approximate surface area is 133 Å². The molecule has 120 valence electrons. The number of carbonyl (C=O) groups is 1. The van der Waals surface area contributed by atoms with E-state index in [1.165, 1.54) is 6.07 Å². The van der Waals surface area contributed by atoms with E-state index in [1.807, 2.05) is 17.6 Å². The van der Waals surface area contributed by atoms with Crippen LogP contribution in [0.5, 0.6) is 0 Å². The normalized spacial score (nSPS) is 13.8. The number of nitrogens with zero attached hydrogens (tertiary/aromatic N) is 1. The van der Waals surface area contributed by atoms with Crippen LogP contribution in [0, 0.1) is 0 Å². The van der Waals surface area contributed by atoms with E-state index in [2.05, 4.69) is 0 Å². The lowest BCUT2D eigenvalue weighted by Gasteiger charge is -2.04. The van der Waals surface area contributed by atoms with Crippen molar-refractivity contribution in [2.24, 2.45) is 0 Å². The molecule has 1 aliphatic heterocycles. The molecule has 0 saturated heterocycles. The van der Waals surface area contributed by atoms with Gasteiger partial charge in [-0.1, -0.05) is 12.1 Å². The van der Waals surface area contributed by atoms with Gasteiger partial charge in [-0.05, 0) is 12.1 Å². The Morgan fingerprint density at radius 3 is 2.61 bits per heavy atom. The minimum Gasteiger partial charge on any atom is -0.481 e. The zero-order chi connectivity index (χ0) is 16.8. The third-order valence-electron chi connectivity index (χ3n) is 4.11. The molecule has 0 aliphatic carbocycles. The van der Waals surface area contributed by atoms with Crippen molar-refractivity contribution in [1.82, 2.24) is 0 Å². The molecular formula is C16H16NO5S+. The van der Waals surface area contributed by atoms with Gasteiger partial charge in [-0.3, -0.25) is 9.35 Å². The van der Waals surface area contributed by atoms with Gasteiger partial charge in [0.25, 0.3) is 10.1 Å². The highest BCUT2D eigenvalue weighted by atomic mass is 32.2. The summed E-state index contributed by atoms with van der Waals surface area (Å²) >= 11 is 0. The summed E-state index contributed by atoms with van der Waals surface area (Å²) in [6.07, 6.45) is 0.564. The van der Waals surface area contributed by atoms with E-state index in [4.69, 9.17) is 5.11 Å². The van der Waals surface area contributed by atoms with Crippen LogP contribution in [-0.2, 0) is 14.9 Å². The van der Waals surface area contributed by atoms with E-state index in [1.54, 1.807) is 18.2 Å². The minimum absolute atomic E-state index is 0.0758. The molecule has 0 saturated carbocycles. The van der Waals surface area contributed by atoms with Crippen molar-refractivity contribution in [3.8, 4) is 0 Å². The fourth-order valence-corrected chi connectivity index (χ4v) is 3.80. The van der Waals surface area contributed by atoms with E-state index in [0.29, 0.717) is 18.4 Å². The minimum atomic E-state index is -4.30. The zero-order valence-electron chi connectivity index (χ0n) is 12.5. The van der Waals surface area contributed by atoms with Crippen LogP contribution in [0.4, 0.5) is 5.69 Å². The van der Waals surface area contributed by atoms with Gasteiger partial charge < -0.3 is 5.11 Å². The Bertz CT molecular complexity index is 960. The molecule has 2 N–H and O–H groups in total. The molecule has 1 aliphatic rings. The quantitative estimate of drug-likeness (QED) is 0.647. The van der Waals surface area contributed by atoms with Crippen LogP contribution < -0.4 is 0 Å². The highest BCUT2D eigenvalue weighted by molar-refractivity contribution is 7.86. The van der Waals surface area contributed by atoms with Crippen LogP contribution in [0.1, 0.15) is 25.3 Å². The van der Waals surface area contributed by atoms with E-state index >= 15 is 0 Å². The zero-order valence-corrected chi connectivity index (χ0v) is 13.3. The molecule has 7 heteroatoms. The molecule has 1 heterocycles. The fraction of sp³-hybridized carbons (Fsp3) is 0.250. The summed E-state index contributed by atoms with van der Waals surface area (Å²) in [6.45, 7) is 2.45. The molecule has 2 aromatic rings. The number of benzene rings is 2. The molecule has 0 bridgehead atoms. The molecule has 0 aromatic heterocycles. The number of hydrogen-bond acceptors (Lipinski definition) is 3. The average molecular weight is 334 g/mol. The second kappa shape index (κ2) is 5.43. The predicted octanol–water partition coefficient (Wildman–Crippen LogP) is 2.42. The van der Waals surface area contributed by atoms with Gasteiger partial charge in [0.05, 0.1) is 17.4 Å². The standard InChI is InChI=1S/C16H15NO5S/c1-10-11-4-2-5-12-14(23(20,21)22)8-7-13(16(11)12)17(10)9-3-6-15(18)19/h2,4-5,7-8H,3,6,9H2,1H3,(H-,18,19,20,21,22)/p+1. The third-order valence-corrected chi connectivity index (χ3v) is 5.03. The highest BCUT2D eigenvalue weighted by Crippen LogP contribution is 2.38. The molecule has 6 nitrogen and oxygen atoms in total. The number of hydrogen-bond donors (Lipinski definition) is 2. The summed E-state index contributed by atoms with van der Waals surface area (Å²) in [7, 11) is -4.30. The van der Waals surface area contributed by atoms with Crippen LogP contribution in [0.2, 0.25) is 0 Å².